The normalized spacial score (nSPS) is 22.0. The van der Waals surface area contributed by atoms with Crippen LogP contribution >= 0.6 is 0 Å². The Kier molecular flexibility index (Phi) is 2.34. The maximum atomic E-state index is 10.8. The van der Waals surface area contributed by atoms with Gasteiger partial charge in [0.1, 0.15) is 5.54 Å². The molecule has 2 N–H and O–H groups in total. The summed E-state index contributed by atoms with van der Waals surface area (Å²) in [7, 11) is 0. The molecule has 4 nitrogen and oxygen atoms in total. The Bertz CT molecular complexity index is 228. The molecule has 1 aliphatic carbocycles. The number of carboxylic acids is 1. The summed E-state index contributed by atoms with van der Waals surface area (Å²) in [6.07, 6.45) is 2.19. The third-order valence-electron chi connectivity index (χ3n) is 2.30. The van der Waals surface area contributed by atoms with Crippen molar-refractivity contribution in [2.45, 2.75) is 37.8 Å². The Hall–Kier alpha value is -1.08. The van der Waals surface area contributed by atoms with Gasteiger partial charge in [-0.15, -0.1) is 0 Å². The summed E-state index contributed by atoms with van der Waals surface area (Å²) in [6, 6.07) is 1.58. The molecule has 0 saturated heterocycles. The van der Waals surface area contributed by atoms with Crippen molar-refractivity contribution in [2.75, 3.05) is 0 Å². The van der Waals surface area contributed by atoms with Crippen LogP contribution in [0.4, 0.5) is 0 Å². The molecular formula is C8H12N2O2. The van der Waals surface area contributed by atoms with Gasteiger partial charge < -0.3 is 5.11 Å². The second-order valence-corrected chi connectivity index (χ2v) is 3.24. The zero-order chi connectivity index (χ0) is 9.19. The van der Waals surface area contributed by atoms with Crippen molar-refractivity contribution in [1.82, 2.24) is 5.32 Å². The molecule has 4 heteroatoms. The first kappa shape index (κ1) is 9.01. The van der Waals surface area contributed by atoms with Crippen molar-refractivity contribution in [2.24, 2.45) is 0 Å². The standard InChI is InChI=1S/C8H12N2O2/c1-6(5-9)10-8(7(11)12)3-2-4-8/h6,10H,2-4H2,1H3,(H,11,12). The molecule has 66 valence electrons. The van der Waals surface area contributed by atoms with Gasteiger partial charge in [0, 0.05) is 0 Å². The number of nitrogens with one attached hydrogen (secondary N) is 1. The van der Waals surface area contributed by atoms with E-state index in [1.54, 1.807) is 6.92 Å². The Labute approximate surface area is 71.2 Å². The van der Waals surface area contributed by atoms with Crippen LogP contribution in [0.3, 0.4) is 0 Å². The molecule has 0 radical (unpaired) electrons. The first-order chi connectivity index (χ1) is 5.60. The molecule has 1 unspecified atom stereocenters. The number of rotatable bonds is 3. The molecule has 0 aromatic carbocycles. The number of nitriles is 1. The Morgan fingerprint density at radius 1 is 1.75 bits per heavy atom. The minimum absolute atomic E-state index is 0.388. The molecule has 0 bridgehead atoms. The average Bonchev–Trinajstić information content (AvgIpc) is 1.95. The molecule has 1 atom stereocenters. The van der Waals surface area contributed by atoms with E-state index >= 15 is 0 Å². The molecule has 1 rings (SSSR count). The second kappa shape index (κ2) is 3.11. The molecule has 0 aliphatic heterocycles. The van der Waals surface area contributed by atoms with Gasteiger partial charge in [-0.25, -0.2) is 0 Å². The van der Waals surface area contributed by atoms with Crippen molar-refractivity contribution in [3.05, 3.63) is 0 Å². The van der Waals surface area contributed by atoms with Gasteiger partial charge in [-0.05, 0) is 26.2 Å². The lowest BCUT2D eigenvalue weighted by atomic mass is 9.76. The predicted molar refractivity (Wildman–Crippen MR) is 42.4 cm³/mol. The Morgan fingerprint density at radius 2 is 2.33 bits per heavy atom. The third kappa shape index (κ3) is 1.41. The van der Waals surface area contributed by atoms with Crippen molar-refractivity contribution < 1.29 is 9.90 Å². The van der Waals surface area contributed by atoms with E-state index in [1.807, 2.05) is 6.07 Å². The fourth-order valence-corrected chi connectivity index (χ4v) is 1.40. The van der Waals surface area contributed by atoms with Gasteiger partial charge in [0.2, 0.25) is 0 Å². The van der Waals surface area contributed by atoms with Gasteiger partial charge in [-0.1, -0.05) is 0 Å². The van der Waals surface area contributed by atoms with Crippen LogP contribution in [0.2, 0.25) is 0 Å². The smallest absolute Gasteiger partial charge is 0.323 e. The van der Waals surface area contributed by atoms with Crippen molar-refractivity contribution >= 4 is 5.97 Å². The topological polar surface area (TPSA) is 73.1 Å². The number of carbonyl (C=O) groups is 1. The number of hydrogen-bond donors (Lipinski definition) is 2. The summed E-state index contributed by atoms with van der Waals surface area (Å²) in [5.74, 6) is -0.837. The van der Waals surface area contributed by atoms with Gasteiger partial charge in [0.15, 0.2) is 0 Å². The van der Waals surface area contributed by atoms with E-state index in [0.717, 1.165) is 6.42 Å². The van der Waals surface area contributed by atoms with Crippen LogP contribution in [0.1, 0.15) is 26.2 Å². The fraction of sp³-hybridized carbons (Fsp3) is 0.750. The van der Waals surface area contributed by atoms with Crippen LogP contribution in [-0.2, 0) is 4.79 Å². The average molecular weight is 168 g/mol. The zero-order valence-corrected chi connectivity index (χ0v) is 7.00. The summed E-state index contributed by atoms with van der Waals surface area (Å²) in [6.45, 7) is 1.67. The molecular weight excluding hydrogens is 156 g/mol. The summed E-state index contributed by atoms with van der Waals surface area (Å²) >= 11 is 0. The van der Waals surface area contributed by atoms with E-state index in [4.69, 9.17) is 10.4 Å². The molecule has 1 saturated carbocycles. The van der Waals surface area contributed by atoms with Crippen LogP contribution in [0, 0.1) is 11.3 Å². The zero-order valence-electron chi connectivity index (χ0n) is 7.00. The first-order valence-corrected chi connectivity index (χ1v) is 4.01. The van der Waals surface area contributed by atoms with Gasteiger partial charge in [-0.2, -0.15) is 5.26 Å². The number of nitrogens with zero attached hydrogens (tertiary/aromatic N) is 1. The lowest BCUT2D eigenvalue weighted by Gasteiger charge is -2.39. The minimum Gasteiger partial charge on any atom is -0.480 e. The van der Waals surface area contributed by atoms with Gasteiger partial charge >= 0.3 is 5.97 Å². The highest BCUT2D eigenvalue weighted by molar-refractivity contribution is 5.80. The fourth-order valence-electron chi connectivity index (χ4n) is 1.40. The van der Waals surface area contributed by atoms with Crippen molar-refractivity contribution in [3.8, 4) is 6.07 Å². The van der Waals surface area contributed by atoms with Gasteiger partial charge in [0.25, 0.3) is 0 Å². The van der Waals surface area contributed by atoms with Crippen LogP contribution in [-0.4, -0.2) is 22.7 Å². The van der Waals surface area contributed by atoms with Crippen LogP contribution in [0.5, 0.6) is 0 Å². The first-order valence-electron chi connectivity index (χ1n) is 4.01. The number of hydrogen-bond acceptors (Lipinski definition) is 3. The summed E-state index contributed by atoms with van der Waals surface area (Å²) < 4.78 is 0. The van der Waals surface area contributed by atoms with E-state index in [9.17, 15) is 4.79 Å². The molecule has 1 fully saturated rings. The van der Waals surface area contributed by atoms with E-state index in [0.29, 0.717) is 12.8 Å². The monoisotopic (exact) mass is 168 g/mol. The molecule has 1 aliphatic rings. The molecule has 0 aromatic heterocycles. The van der Waals surface area contributed by atoms with Crippen LogP contribution in [0.25, 0.3) is 0 Å². The van der Waals surface area contributed by atoms with E-state index < -0.39 is 11.5 Å². The quantitative estimate of drug-likeness (QED) is 0.643. The second-order valence-electron chi connectivity index (χ2n) is 3.24. The maximum Gasteiger partial charge on any atom is 0.323 e. The molecule has 0 aromatic rings. The van der Waals surface area contributed by atoms with Crippen molar-refractivity contribution in [1.29, 1.82) is 5.26 Å². The van der Waals surface area contributed by atoms with Gasteiger partial charge in [0.05, 0.1) is 12.1 Å². The number of aliphatic carboxylic acids is 1. The largest absolute Gasteiger partial charge is 0.480 e. The highest BCUT2D eigenvalue weighted by Gasteiger charge is 2.44. The summed E-state index contributed by atoms with van der Waals surface area (Å²) in [5, 5.41) is 20.2. The van der Waals surface area contributed by atoms with Crippen molar-refractivity contribution in [3.63, 3.8) is 0 Å². The molecule has 12 heavy (non-hydrogen) atoms. The minimum atomic E-state index is -0.837. The maximum absolute atomic E-state index is 10.8. The SMILES string of the molecule is CC(C#N)NC1(C(=O)O)CCC1. The molecule has 0 spiro atoms. The predicted octanol–water partition coefficient (Wildman–Crippen LogP) is 0.495. The third-order valence-corrected chi connectivity index (χ3v) is 2.30. The van der Waals surface area contributed by atoms with Crippen LogP contribution < -0.4 is 5.32 Å². The molecule has 0 amide bonds. The van der Waals surface area contributed by atoms with Gasteiger partial charge in [-0.3, -0.25) is 10.1 Å². The summed E-state index contributed by atoms with van der Waals surface area (Å²) in [5.41, 5.74) is -0.810. The highest BCUT2D eigenvalue weighted by Crippen LogP contribution is 2.32. The lowest BCUT2D eigenvalue weighted by molar-refractivity contribution is -0.149. The number of carboxylic acid groups (broad SMARTS) is 1. The highest BCUT2D eigenvalue weighted by atomic mass is 16.4. The Balaban J connectivity index is 2.58. The summed E-state index contributed by atoms with van der Waals surface area (Å²) in [4.78, 5) is 10.8. The lowest BCUT2D eigenvalue weighted by Crippen LogP contribution is -2.59. The van der Waals surface area contributed by atoms with Crippen LogP contribution in [0.15, 0.2) is 0 Å². The Morgan fingerprint density at radius 3 is 2.58 bits per heavy atom. The molecule has 0 heterocycles. The van der Waals surface area contributed by atoms with E-state index in [2.05, 4.69) is 5.32 Å². The van der Waals surface area contributed by atoms with E-state index in [1.165, 1.54) is 0 Å². The van der Waals surface area contributed by atoms with E-state index in [-0.39, 0.29) is 6.04 Å².